The molecule has 1 aliphatic heterocycles. The molecule has 1 aliphatic carbocycles. The molecule has 0 aromatic carbocycles. The predicted octanol–water partition coefficient (Wildman–Crippen LogP) is 4.33. The highest BCUT2D eigenvalue weighted by Gasteiger charge is 2.28. The van der Waals surface area contributed by atoms with E-state index < -0.39 is 0 Å². The maximum atomic E-state index is 12.5. The summed E-state index contributed by atoms with van der Waals surface area (Å²) in [7, 11) is 0. The van der Waals surface area contributed by atoms with E-state index in [1.54, 1.807) is 11.3 Å². The summed E-state index contributed by atoms with van der Waals surface area (Å²) in [5.74, 6) is 1.73. The first-order valence-electron chi connectivity index (χ1n) is 8.53. The van der Waals surface area contributed by atoms with Crippen molar-refractivity contribution in [2.45, 2.75) is 57.8 Å². The summed E-state index contributed by atoms with van der Waals surface area (Å²) in [6.07, 6.45) is 9.67. The number of hydrogen-bond donors (Lipinski definition) is 0. The standard InChI is InChI=1S/C18H26N2OS/c1-13(2)16-12-22-18(19-16)15-8-5-9-20(11-15)17(21)10-14-6-3-4-7-14/h3,6,12-15H,4-5,7-11H2,1-2H3/t14-,15-/m1/s1. The first-order chi connectivity index (χ1) is 10.6. The molecule has 1 aromatic rings. The second kappa shape index (κ2) is 6.95. The molecule has 0 bridgehead atoms. The summed E-state index contributed by atoms with van der Waals surface area (Å²) < 4.78 is 0. The van der Waals surface area contributed by atoms with Gasteiger partial charge in [-0.2, -0.15) is 0 Å². The summed E-state index contributed by atoms with van der Waals surface area (Å²) in [6, 6.07) is 0. The molecule has 0 radical (unpaired) electrons. The van der Waals surface area contributed by atoms with Crippen molar-refractivity contribution in [3.63, 3.8) is 0 Å². The molecular weight excluding hydrogens is 292 g/mol. The van der Waals surface area contributed by atoms with Gasteiger partial charge < -0.3 is 4.90 Å². The third kappa shape index (κ3) is 3.60. The van der Waals surface area contributed by atoms with Crippen molar-refractivity contribution in [2.75, 3.05) is 13.1 Å². The topological polar surface area (TPSA) is 33.2 Å². The Balaban J connectivity index is 1.60. The van der Waals surface area contributed by atoms with Crippen molar-refractivity contribution in [3.8, 4) is 0 Å². The number of nitrogens with zero attached hydrogens (tertiary/aromatic N) is 2. The third-order valence-corrected chi connectivity index (χ3v) is 5.83. The molecule has 1 saturated heterocycles. The minimum Gasteiger partial charge on any atom is -0.342 e. The van der Waals surface area contributed by atoms with E-state index in [4.69, 9.17) is 4.98 Å². The zero-order valence-corrected chi connectivity index (χ0v) is 14.4. The van der Waals surface area contributed by atoms with Crippen LogP contribution in [0.1, 0.15) is 68.5 Å². The van der Waals surface area contributed by atoms with Gasteiger partial charge in [-0.15, -0.1) is 11.3 Å². The van der Waals surface area contributed by atoms with E-state index in [0.717, 1.165) is 38.8 Å². The Labute approximate surface area is 137 Å². The minimum absolute atomic E-state index is 0.335. The van der Waals surface area contributed by atoms with Crippen LogP contribution in [0.4, 0.5) is 0 Å². The maximum absolute atomic E-state index is 12.5. The number of piperidine rings is 1. The van der Waals surface area contributed by atoms with Gasteiger partial charge >= 0.3 is 0 Å². The second-order valence-electron chi connectivity index (χ2n) is 6.91. The summed E-state index contributed by atoms with van der Waals surface area (Å²) >= 11 is 1.77. The van der Waals surface area contributed by atoms with Crippen molar-refractivity contribution in [1.82, 2.24) is 9.88 Å². The van der Waals surface area contributed by atoms with E-state index in [1.165, 1.54) is 10.7 Å². The molecule has 2 atom stereocenters. The average Bonchev–Trinajstić information content (AvgIpc) is 3.18. The van der Waals surface area contributed by atoms with E-state index in [0.29, 0.717) is 30.1 Å². The molecular formula is C18H26N2OS. The van der Waals surface area contributed by atoms with Crippen LogP contribution in [0.2, 0.25) is 0 Å². The molecule has 2 aliphatic rings. The summed E-state index contributed by atoms with van der Waals surface area (Å²) in [4.78, 5) is 19.4. The van der Waals surface area contributed by atoms with Crippen LogP contribution < -0.4 is 0 Å². The molecule has 1 aromatic heterocycles. The normalized spacial score (nSPS) is 25.1. The van der Waals surface area contributed by atoms with Gasteiger partial charge in [0, 0.05) is 30.8 Å². The summed E-state index contributed by atoms with van der Waals surface area (Å²) in [5, 5.41) is 3.41. The van der Waals surface area contributed by atoms with E-state index in [9.17, 15) is 4.79 Å². The highest BCUT2D eigenvalue weighted by Crippen LogP contribution is 2.31. The first-order valence-corrected chi connectivity index (χ1v) is 9.41. The van der Waals surface area contributed by atoms with Crippen LogP contribution in [-0.4, -0.2) is 28.9 Å². The van der Waals surface area contributed by atoms with Crippen molar-refractivity contribution < 1.29 is 4.79 Å². The number of aromatic nitrogens is 1. The van der Waals surface area contributed by atoms with Gasteiger partial charge in [-0.25, -0.2) is 4.98 Å². The van der Waals surface area contributed by atoms with Gasteiger partial charge in [0.2, 0.25) is 5.91 Å². The van der Waals surface area contributed by atoms with Gasteiger partial charge in [0.25, 0.3) is 0 Å². The molecule has 2 heterocycles. The molecule has 22 heavy (non-hydrogen) atoms. The van der Waals surface area contributed by atoms with E-state index in [-0.39, 0.29) is 0 Å². The first kappa shape index (κ1) is 15.7. The van der Waals surface area contributed by atoms with E-state index in [1.807, 2.05) is 0 Å². The molecule has 4 heteroatoms. The number of allylic oxidation sites excluding steroid dienone is 2. The van der Waals surface area contributed by atoms with Crippen LogP contribution in [0.15, 0.2) is 17.5 Å². The van der Waals surface area contributed by atoms with Crippen molar-refractivity contribution >= 4 is 17.2 Å². The Morgan fingerprint density at radius 1 is 1.45 bits per heavy atom. The van der Waals surface area contributed by atoms with Gasteiger partial charge in [0.15, 0.2) is 0 Å². The van der Waals surface area contributed by atoms with E-state index >= 15 is 0 Å². The smallest absolute Gasteiger partial charge is 0.223 e. The highest BCUT2D eigenvalue weighted by atomic mass is 32.1. The Hall–Kier alpha value is -1.16. The third-order valence-electron chi connectivity index (χ3n) is 4.80. The predicted molar refractivity (Wildman–Crippen MR) is 91.2 cm³/mol. The molecule has 1 amide bonds. The van der Waals surface area contributed by atoms with Crippen molar-refractivity contribution in [3.05, 3.63) is 28.2 Å². The fraction of sp³-hybridized carbons (Fsp3) is 0.667. The quantitative estimate of drug-likeness (QED) is 0.774. The summed E-state index contributed by atoms with van der Waals surface area (Å²) in [5.41, 5.74) is 1.19. The van der Waals surface area contributed by atoms with Crippen molar-refractivity contribution in [1.29, 1.82) is 0 Å². The number of likely N-dealkylation sites (tertiary alicyclic amines) is 1. The van der Waals surface area contributed by atoms with Crippen LogP contribution >= 0.6 is 11.3 Å². The summed E-state index contributed by atoms with van der Waals surface area (Å²) in [6.45, 7) is 6.16. The lowest BCUT2D eigenvalue weighted by Crippen LogP contribution is -2.39. The molecule has 3 nitrogen and oxygen atoms in total. The zero-order valence-electron chi connectivity index (χ0n) is 13.6. The van der Waals surface area contributed by atoms with Gasteiger partial charge in [0.05, 0.1) is 10.7 Å². The van der Waals surface area contributed by atoms with Gasteiger partial charge in [-0.1, -0.05) is 26.0 Å². The maximum Gasteiger partial charge on any atom is 0.223 e. The van der Waals surface area contributed by atoms with Gasteiger partial charge in [0.1, 0.15) is 0 Å². The number of hydrogen-bond acceptors (Lipinski definition) is 3. The average molecular weight is 318 g/mol. The monoisotopic (exact) mass is 318 g/mol. The molecule has 0 N–H and O–H groups in total. The lowest BCUT2D eigenvalue weighted by atomic mass is 9.97. The molecule has 0 spiro atoms. The lowest BCUT2D eigenvalue weighted by Gasteiger charge is -2.32. The van der Waals surface area contributed by atoms with Crippen molar-refractivity contribution in [2.24, 2.45) is 5.92 Å². The SMILES string of the molecule is CC(C)c1csc([C@@H]2CCCN(C(=O)C[C@@H]3C=CCC3)C2)n1. The molecule has 3 rings (SSSR count). The lowest BCUT2D eigenvalue weighted by molar-refractivity contribution is -0.133. The number of rotatable bonds is 4. The zero-order chi connectivity index (χ0) is 15.5. The molecule has 120 valence electrons. The fourth-order valence-corrected chi connectivity index (χ4v) is 4.49. The van der Waals surface area contributed by atoms with E-state index in [2.05, 4.69) is 36.3 Å². The number of carbonyl (C=O) groups is 1. The number of thiazole rings is 1. The van der Waals surface area contributed by atoms with Crippen LogP contribution in [0, 0.1) is 5.92 Å². The Morgan fingerprint density at radius 2 is 2.32 bits per heavy atom. The largest absolute Gasteiger partial charge is 0.342 e. The number of carbonyl (C=O) groups excluding carboxylic acids is 1. The Kier molecular flexibility index (Phi) is 4.97. The molecule has 0 unspecified atom stereocenters. The Bertz CT molecular complexity index is 549. The number of amides is 1. The van der Waals surface area contributed by atoms with Crippen LogP contribution in [0.5, 0.6) is 0 Å². The van der Waals surface area contributed by atoms with Crippen LogP contribution in [0.25, 0.3) is 0 Å². The molecule has 1 fully saturated rings. The minimum atomic E-state index is 0.335. The van der Waals surface area contributed by atoms with Crippen LogP contribution in [-0.2, 0) is 4.79 Å². The van der Waals surface area contributed by atoms with Gasteiger partial charge in [-0.3, -0.25) is 4.79 Å². The molecule has 0 saturated carbocycles. The fourth-order valence-electron chi connectivity index (χ4n) is 3.38. The highest BCUT2D eigenvalue weighted by molar-refractivity contribution is 7.09. The van der Waals surface area contributed by atoms with Crippen LogP contribution in [0.3, 0.4) is 0 Å². The van der Waals surface area contributed by atoms with Gasteiger partial charge in [-0.05, 0) is 37.5 Å². The Morgan fingerprint density at radius 3 is 3.00 bits per heavy atom. The second-order valence-corrected chi connectivity index (χ2v) is 7.80.